The smallest absolute Gasteiger partial charge is 0.234 e. The lowest BCUT2D eigenvalue weighted by Gasteiger charge is -2.25. The maximum absolute atomic E-state index is 12.4. The number of oxime groups is 1. The van der Waals surface area contributed by atoms with E-state index in [2.05, 4.69) is 10.5 Å². The highest BCUT2D eigenvalue weighted by Gasteiger charge is 2.45. The van der Waals surface area contributed by atoms with E-state index in [-0.39, 0.29) is 11.7 Å². The molecule has 1 saturated carbocycles. The van der Waals surface area contributed by atoms with Gasteiger partial charge in [0, 0.05) is 9.75 Å². The molecule has 0 bridgehead atoms. The molecule has 0 aromatic carbocycles. The van der Waals surface area contributed by atoms with Crippen molar-refractivity contribution in [2.24, 2.45) is 16.3 Å². The summed E-state index contributed by atoms with van der Waals surface area (Å²) in [6.07, 6.45) is 3.17. The second-order valence-electron chi connectivity index (χ2n) is 4.97. The number of nitrogens with one attached hydrogen (secondary N) is 1. The summed E-state index contributed by atoms with van der Waals surface area (Å²) in [6, 6.07) is 4.03. The lowest BCUT2D eigenvalue weighted by Crippen LogP contribution is -2.47. The zero-order chi connectivity index (χ0) is 13.9. The van der Waals surface area contributed by atoms with E-state index in [4.69, 9.17) is 10.9 Å². The van der Waals surface area contributed by atoms with Crippen molar-refractivity contribution >= 4 is 23.1 Å². The maximum Gasteiger partial charge on any atom is 0.234 e. The van der Waals surface area contributed by atoms with Crippen molar-refractivity contribution in [2.75, 3.05) is 0 Å². The molecule has 4 N–H and O–H groups in total. The first-order chi connectivity index (χ1) is 9.08. The molecule has 104 valence electrons. The summed E-state index contributed by atoms with van der Waals surface area (Å²) in [7, 11) is 0. The van der Waals surface area contributed by atoms with Crippen LogP contribution in [-0.4, -0.2) is 17.0 Å². The Morgan fingerprint density at radius 2 is 2.21 bits per heavy atom. The Hall–Kier alpha value is -1.56. The lowest BCUT2D eigenvalue weighted by atomic mass is 9.84. The van der Waals surface area contributed by atoms with E-state index >= 15 is 0 Å². The van der Waals surface area contributed by atoms with Gasteiger partial charge in [0.1, 0.15) is 5.41 Å². The predicted molar refractivity (Wildman–Crippen MR) is 75.2 cm³/mol. The summed E-state index contributed by atoms with van der Waals surface area (Å²) in [4.78, 5) is 14.7. The molecule has 0 radical (unpaired) electrons. The van der Waals surface area contributed by atoms with Crippen LogP contribution in [0, 0.1) is 12.3 Å². The van der Waals surface area contributed by atoms with Gasteiger partial charge in [-0.25, -0.2) is 0 Å². The fourth-order valence-electron chi connectivity index (χ4n) is 2.59. The maximum atomic E-state index is 12.4. The number of amides is 1. The fraction of sp³-hybridized carbons (Fsp3) is 0.538. The van der Waals surface area contributed by atoms with Crippen LogP contribution >= 0.6 is 11.3 Å². The minimum absolute atomic E-state index is 0.0323. The van der Waals surface area contributed by atoms with E-state index in [0.717, 1.165) is 17.7 Å². The monoisotopic (exact) mass is 281 g/mol. The molecule has 0 saturated heterocycles. The summed E-state index contributed by atoms with van der Waals surface area (Å²) in [5.41, 5.74) is 4.91. The average molecular weight is 281 g/mol. The molecule has 19 heavy (non-hydrogen) atoms. The molecule has 6 heteroatoms. The van der Waals surface area contributed by atoms with Crippen LogP contribution in [-0.2, 0) is 11.3 Å². The van der Waals surface area contributed by atoms with E-state index in [1.54, 1.807) is 11.3 Å². The normalized spacial score (nSPS) is 18.5. The van der Waals surface area contributed by atoms with Crippen molar-refractivity contribution in [3.8, 4) is 0 Å². The number of rotatable bonds is 4. The minimum Gasteiger partial charge on any atom is -0.409 e. The highest BCUT2D eigenvalue weighted by molar-refractivity contribution is 7.11. The largest absolute Gasteiger partial charge is 0.409 e. The predicted octanol–water partition coefficient (Wildman–Crippen LogP) is 1.98. The van der Waals surface area contributed by atoms with Crippen molar-refractivity contribution in [3.63, 3.8) is 0 Å². The Kier molecular flexibility index (Phi) is 4.09. The Labute approximate surface area is 116 Å². The van der Waals surface area contributed by atoms with Crippen molar-refractivity contribution in [3.05, 3.63) is 21.9 Å². The van der Waals surface area contributed by atoms with Gasteiger partial charge in [-0.3, -0.25) is 4.79 Å². The fourth-order valence-corrected chi connectivity index (χ4v) is 3.42. The quantitative estimate of drug-likeness (QED) is 0.341. The van der Waals surface area contributed by atoms with E-state index in [9.17, 15) is 4.79 Å². The highest BCUT2D eigenvalue weighted by atomic mass is 32.1. The Bertz CT molecular complexity index is 490. The number of carbonyl (C=O) groups excluding carboxylic acids is 1. The topological polar surface area (TPSA) is 87.7 Å². The van der Waals surface area contributed by atoms with Crippen LogP contribution in [0.25, 0.3) is 0 Å². The molecule has 1 amide bonds. The van der Waals surface area contributed by atoms with Crippen LogP contribution in [0.4, 0.5) is 0 Å². The van der Waals surface area contributed by atoms with Crippen molar-refractivity contribution in [1.82, 2.24) is 5.32 Å². The zero-order valence-electron chi connectivity index (χ0n) is 11.0. The summed E-state index contributed by atoms with van der Waals surface area (Å²) in [5.74, 6) is -0.101. The summed E-state index contributed by atoms with van der Waals surface area (Å²) >= 11 is 1.66. The molecule has 1 aliphatic rings. The van der Waals surface area contributed by atoms with Gasteiger partial charge in [-0.15, -0.1) is 11.3 Å². The third-order valence-electron chi connectivity index (χ3n) is 3.71. The van der Waals surface area contributed by atoms with Gasteiger partial charge in [0.25, 0.3) is 0 Å². The molecule has 1 heterocycles. The first-order valence-electron chi connectivity index (χ1n) is 6.40. The van der Waals surface area contributed by atoms with Gasteiger partial charge in [0.2, 0.25) is 5.91 Å². The molecule has 5 nitrogen and oxygen atoms in total. The number of nitrogens with zero attached hydrogens (tertiary/aromatic N) is 1. The van der Waals surface area contributed by atoms with Gasteiger partial charge in [0.15, 0.2) is 5.84 Å². The van der Waals surface area contributed by atoms with E-state index < -0.39 is 5.41 Å². The number of amidine groups is 1. The molecule has 0 spiro atoms. The highest BCUT2D eigenvalue weighted by Crippen LogP contribution is 2.38. The lowest BCUT2D eigenvalue weighted by molar-refractivity contribution is -0.127. The number of nitrogens with two attached hydrogens (primary N) is 1. The van der Waals surface area contributed by atoms with Crippen LogP contribution in [0.5, 0.6) is 0 Å². The average Bonchev–Trinajstić information content (AvgIpc) is 3.04. The third-order valence-corrected chi connectivity index (χ3v) is 4.71. The van der Waals surface area contributed by atoms with Crippen LogP contribution in [0.2, 0.25) is 0 Å². The zero-order valence-corrected chi connectivity index (χ0v) is 11.8. The summed E-state index contributed by atoms with van der Waals surface area (Å²) in [6.45, 7) is 2.53. The van der Waals surface area contributed by atoms with Crippen molar-refractivity contribution in [1.29, 1.82) is 0 Å². The number of thiophene rings is 1. The molecule has 1 aromatic rings. The Balaban J connectivity index is 2.04. The summed E-state index contributed by atoms with van der Waals surface area (Å²) < 4.78 is 0. The first kappa shape index (κ1) is 13.9. The third kappa shape index (κ3) is 2.73. The van der Waals surface area contributed by atoms with Crippen molar-refractivity contribution < 1.29 is 10.0 Å². The van der Waals surface area contributed by atoms with Crippen molar-refractivity contribution in [2.45, 2.75) is 39.2 Å². The van der Waals surface area contributed by atoms with E-state index in [1.165, 1.54) is 4.88 Å². The molecule has 1 aromatic heterocycles. The second-order valence-corrected chi connectivity index (χ2v) is 6.34. The van der Waals surface area contributed by atoms with E-state index in [0.29, 0.717) is 19.4 Å². The molecule has 1 aliphatic carbocycles. The molecular weight excluding hydrogens is 262 g/mol. The number of aryl methyl sites for hydroxylation is 1. The molecule has 1 fully saturated rings. The molecule has 2 rings (SSSR count). The van der Waals surface area contributed by atoms with Gasteiger partial charge in [-0.2, -0.15) is 0 Å². The van der Waals surface area contributed by atoms with Gasteiger partial charge in [-0.1, -0.05) is 18.0 Å². The van der Waals surface area contributed by atoms with Gasteiger partial charge in [-0.05, 0) is 31.9 Å². The molecule has 0 atom stereocenters. The number of carbonyl (C=O) groups is 1. The van der Waals surface area contributed by atoms with Gasteiger partial charge >= 0.3 is 0 Å². The first-order valence-corrected chi connectivity index (χ1v) is 7.22. The Morgan fingerprint density at radius 3 is 2.74 bits per heavy atom. The van der Waals surface area contributed by atoms with Gasteiger partial charge in [0.05, 0.1) is 6.54 Å². The summed E-state index contributed by atoms with van der Waals surface area (Å²) in [5, 5.41) is 14.9. The Morgan fingerprint density at radius 1 is 1.53 bits per heavy atom. The van der Waals surface area contributed by atoms with Crippen LogP contribution in [0.15, 0.2) is 17.3 Å². The van der Waals surface area contributed by atoms with Gasteiger partial charge < -0.3 is 16.3 Å². The molecule has 0 unspecified atom stereocenters. The van der Waals surface area contributed by atoms with Crippen LogP contribution in [0.3, 0.4) is 0 Å². The molecular formula is C13H19N3O2S. The second kappa shape index (κ2) is 5.61. The molecule has 0 aliphatic heterocycles. The number of hydrogen-bond acceptors (Lipinski definition) is 4. The SMILES string of the molecule is Cc1ccc(CNC(=O)C2(C(N)=NO)CCCC2)s1. The van der Waals surface area contributed by atoms with E-state index in [1.807, 2.05) is 19.1 Å². The van der Waals surface area contributed by atoms with Crippen LogP contribution < -0.4 is 11.1 Å². The number of hydrogen-bond donors (Lipinski definition) is 3. The van der Waals surface area contributed by atoms with Crippen LogP contribution in [0.1, 0.15) is 35.4 Å². The minimum atomic E-state index is -0.818. The standard InChI is InChI=1S/C13H19N3O2S/c1-9-4-5-10(19-9)8-15-12(17)13(11(14)16-18)6-2-3-7-13/h4-5,18H,2-3,6-8H2,1H3,(H2,14,16)(H,15,17).